The first-order valence-corrected chi connectivity index (χ1v) is 10.1. The van der Waals surface area contributed by atoms with E-state index in [-0.39, 0.29) is 36.2 Å². The van der Waals surface area contributed by atoms with Crippen molar-refractivity contribution in [2.24, 2.45) is 11.7 Å². The summed E-state index contributed by atoms with van der Waals surface area (Å²) >= 11 is 5.94. The van der Waals surface area contributed by atoms with E-state index in [1.54, 1.807) is 0 Å². The van der Waals surface area contributed by atoms with Crippen LogP contribution < -0.4 is 5.73 Å². The van der Waals surface area contributed by atoms with Crippen molar-refractivity contribution >= 4 is 29.9 Å². The fraction of sp³-hybridized carbons (Fsp3) is 0.550. The van der Waals surface area contributed by atoms with Gasteiger partial charge in [0.05, 0.1) is 5.92 Å². The van der Waals surface area contributed by atoms with E-state index in [0.29, 0.717) is 23.3 Å². The van der Waals surface area contributed by atoms with Gasteiger partial charge in [0.15, 0.2) is 0 Å². The maximum atomic E-state index is 12.9. The van der Waals surface area contributed by atoms with Gasteiger partial charge in [-0.1, -0.05) is 23.2 Å². The zero-order valence-corrected chi connectivity index (χ0v) is 17.3. The van der Waals surface area contributed by atoms with Gasteiger partial charge in [-0.2, -0.15) is 4.98 Å². The second kappa shape index (κ2) is 9.25. The molecule has 1 aliphatic heterocycles. The van der Waals surface area contributed by atoms with Crippen molar-refractivity contribution in [3.8, 4) is 11.4 Å². The maximum Gasteiger partial charge on any atom is 0.231 e. The third kappa shape index (κ3) is 4.67. The number of likely N-dealkylation sites (tertiary alicyclic amines) is 1. The smallest absolute Gasteiger partial charge is 0.231 e. The van der Waals surface area contributed by atoms with Gasteiger partial charge in [0, 0.05) is 35.6 Å². The van der Waals surface area contributed by atoms with Gasteiger partial charge < -0.3 is 15.2 Å². The predicted octanol–water partition coefficient (Wildman–Crippen LogP) is 4.04. The minimum atomic E-state index is 0. The largest absolute Gasteiger partial charge is 0.342 e. The molecule has 1 saturated heterocycles. The number of rotatable bonds is 3. The number of hydrogen-bond donors (Lipinski definition) is 1. The molecule has 2 heterocycles. The van der Waals surface area contributed by atoms with Crippen LogP contribution in [0.2, 0.25) is 5.02 Å². The van der Waals surface area contributed by atoms with Crippen LogP contribution in [0, 0.1) is 5.92 Å². The number of piperidine rings is 1. The van der Waals surface area contributed by atoms with E-state index in [1.807, 2.05) is 29.2 Å². The van der Waals surface area contributed by atoms with E-state index in [9.17, 15) is 4.79 Å². The molecule has 2 fully saturated rings. The molecule has 0 radical (unpaired) electrons. The summed E-state index contributed by atoms with van der Waals surface area (Å²) in [6.07, 6.45) is 5.74. The standard InChI is InChI=1S/C20H25ClN4O2.ClH/c21-16-8-6-13(7-9-16)18-23-19(27-24-18)15-4-2-10-25(12-15)20(26)14-3-1-5-17(22)11-14;/h6-9,14-15,17H,1-5,10-12,22H2;1H. The van der Waals surface area contributed by atoms with Gasteiger partial charge in [-0.3, -0.25) is 4.79 Å². The fourth-order valence-electron chi connectivity index (χ4n) is 4.21. The maximum absolute atomic E-state index is 12.9. The molecule has 28 heavy (non-hydrogen) atoms. The number of carbonyl (C=O) groups excluding carboxylic acids is 1. The molecule has 1 aromatic carbocycles. The Morgan fingerprint density at radius 3 is 2.71 bits per heavy atom. The van der Waals surface area contributed by atoms with Crippen LogP contribution in [0.25, 0.3) is 11.4 Å². The Hall–Kier alpha value is -1.63. The summed E-state index contributed by atoms with van der Waals surface area (Å²) in [6.45, 7) is 1.45. The van der Waals surface area contributed by atoms with E-state index in [0.717, 1.165) is 50.6 Å². The van der Waals surface area contributed by atoms with Gasteiger partial charge in [0.25, 0.3) is 0 Å². The van der Waals surface area contributed by atoms with E-state index in [2.05, 4.69) is 10.1 Å². The molecule has 8 heteroatoms. The van der Waals surface area contributed by atoms with Crippen molar-refractivity contribution in [3.63, 3.8) is 0 Å². The van der Waals surface area contributed by atoms with Crippen LogP contribution in [0.4, 0.5) is 0 Å². The first-order valence-electron chi connectivity index (χ1n) is 9.74. The van der Waals surface area contributed by atoms with Crippen LogP contribution in [0.15, 0.2) is 28.8 Å². The van der Waals surface area contributed by atoms with Crippen LogP contribution in [0.3, 0.4) is 0 Å². The van der Waals surface area contributed by atoms with Crippen molar-refractivity contribution in [1.29, 1.82) is 0 Å². The molecule has 6 nitrogen and oxygen atoms in total. The highest BCUT2D eigenvalue weighted by molar-refractivity contribution is 6.30. The zero-order valence-electron chi connectivity index (χ0n) is 15.7. The third-order valence-corrected chi connectivity index (χ3v) is 5.94. The monoisotopic (exact) mass is 424 g/mol. The lowest BCUT2D eigenvalue weighted by atomic mass is 9.84. The average Bonchev–Trinajstić information content (AvgIpc) is 3.18. The van der Waals surface area contributed by atoms with Crippen molar-refractivity contribution in [2.75, 3.05) is 13.1 Å². The van der Waals surface area contributed by atoms with E-state index < -0.39 is 0 Å². The summed E-state index contributed by atoms with van der Waals surface area (Å²) in [6, 6.07) is 7.53. The number of amides is 1. The minimum absolute atomic E-state index is 0. The van der Waals surface area contributed by atoms with Gasteiger partial charge in [0.2, 0.25) is 17.6 Å². The number of benzene rings is 1. The van der Waals surface area contributed by atoms with Crippen LogP contribution in [0.1, 0.15) is 50.3 Å². The van der Waals surface area contributed by atoms with Gasteiger partial charge >= 0.3 is 0 Å². The van der Waals surface area contributed by atoms with E-state index >= 15 is 0 Å². The summed E-state index contributed by atoms with van der Waals surface area (Å²) in [5, 5.41) is 4.78. The van der Waals surface area contributed by atoms with Gasteiger partial charge in [-0.15, -0.1) is 12.4 Å². The number of carbonyl (C=O) groups is 1. The molecule has 152 valence electrons. The first kappa shape index (κ1) is 21.1. The average molecular weight is 425 g/mol. The van der Waals surface area contributed by atoms with Crippen molar-refractivity contribution in [2.45, 2.75) is 50.5 Å². The molecule has 2 aliphatic rings. The van der Waals surface area contributed by atoms with Crippen LogP contribution >= 0.6 is 24.0 Å². The molecule has 0 spiro atoms. The molecular weight excluding hydrogens is 399 g/mol. The van der Waals surface area contributed by atoms with Gasteiger partial charge in [-0.05, 0) is 56.4 Å². The highest BCUT2D eigenvalue weighted by atomic mass is 35.5. The Morgan fingerprint density at radius 1 is 1.18 bits per heavy atom. The summed E-state index contributed by atoms with van der Waals surface area (Å²) in [4.78, 5) is 19.5. The SMILES string of the molecule is Cl.NC1CCCC(C(=O)N2CCCC(c3nc(-c4ccc(Cl)cc4)no3)C2)C1. The molecular formula is C20H26Cl2N4O2. The summed E-state index contributed by atoms with van der Waals surface area (Å²) in [7, 11) is 0. The highest BCUT2D eigenvalue weighted by Gasteiger charge is 2.33. The van der Waals surface area contributed by atoms with E-state index in [1.165, 1.54) is 0 Å². The minimum Gasteiger partial charge on any atom is -0.342 e. The number of halogens is 2. The highest BCUT2D eigenvalue weighted by Crippen LogP contribution is 2.31. The Bertz CT molecular complexity index is 796. The lowest BCUT2D eigenvalue weighted by Gasteiger charge is -2.35. The molecule has 2 N–H and O–H groups in total. The second-order valence-corrected chi connectivity index (χ2v) is 8.15. The summed E-state index contributed by atoms with van der Waals surface area (Å²) < 4.78 is 5.53. The fourth-order valence-corrected chi connectivity index (χ4v) is 4.33. The lowest BCUT2D eigenvalue weighted by Crippen LogP contribution is -2.44. The molecule has 0 bridgehead atoms. The van der Waals surface area contributed by atoms with Gasteiger partial charge in [0.1, 0.15) is 0 Å². The first-order chi connectivity index (χ1) is 13.1. The summed E-state index contributed by atoms with van der Waals surface area (Å²) in [5.41, 5.74) is 6.94. The number of aromatic nitrogens is 2. The Labute approximate surface area is 176 Å². The Balaban J connectivity index is 0.00000225. The second-order valence-electron chi connectivity index (χ2n) is 7.71. The number of nitrogens with zero attached hydrogens (tertiary/aromatic N) is 3. The van der Waals surface area contributed by atoms with Gasteiger partial charge in [-0.25, -0.2) is 0 Å². The molecule has 1 saturated carbocycles. The molecule has 3 unspecified atom stereocenters. The Kier molecular flexibility index (Phi) is 6.96. The number of nitrogens with two attached hydrogens (primary N) is 1. The third-order valence-electron chi connectivity index (χ3n) is 5.69. The normalized spacial score (nSPS) is 25.2. The quantitative estimate of drug-likeness (QED) is 0.803. The van der Waals surface area contributed by atoms with Crippen molar-refractivity contribution in [3.05, 3.63) is 35.2 Å². The molecule has 4 rings (SSSR count). The predicted molar refractivity (Wildman–Crippen MR) is 110 cm³/mol. The molecule has 3 atom stereocenters. The summed E-state index contributed by atoms with van der Waals surface area (Å²) in [5.74, 6) is 1.57. The molecule has 1 aromatic heterocycles. The van der Waals surface area contributed by atoms with Crippen LogP contribution in [-0.2, 0) is 4.79 Å². The zero-order chi connectivity index (χ0) is 18.8. The molecule has 1 amide bonds. The Morgan fingerprint density at radius 2 is 1.96 bits per heavy atom. The van der Waals surface area contributed by atoms with Crippen LogP contribution in [0.5, 0.6) is 0 Å². The van der Waals surface area contributed by atoms with Crippen molar-refractivity contribution < 1.29 is 9.32 Å². The topological polar surface area (TPSA) is 85.3 Å². The lowest BCUT2D eigenvalue weighted by molar-refractivity contribution is -0.138. The van der Waals surface area contributed by atoms with E-state index in [4.69, 9.17) is 21.9 Å². The van der Waals surface area contributed by atoms with Crippen LogP contribution in [-0.4, -0.2) is 40.1 Å². The number of hydrogen-bond acceptors (Lipinski definition) is 5. The molecule has 1 aliphatic carbocycles. The molecule has 2 aromatic rings. The van der Waals surface area contributed by atoms with Crippen molar-refractivity contribution in [1.82, 2.24) is 15.0 Å².